The van der Waals surface area contributed by atoms with Gasteiger partial charge in [0.1, 0.15) is 0 Å². The number of rotatable bonds is 4. The second-order valence-electron chi connectivity index (χ2n) is 4.30. The van der Waals surface area contributed by atoms with Gasteiger partial charge in [-0.15, -0.1) is 5.10 Å². The van der Waals surface area contributed by atoms with E-state index in [1.165, 1.54) is 5.01 Å². The third-order valence-corrected chi connectivity index (χ3v) is 3.43. The molecule has 0 amide bonds. The number of pyridine rings is 1. The molecule has 1 unspecified atom stereocenters. The Morgan fingerprint density at radius 2 is 2.35 bits per heavy atom. The lowest BCUT2D eigenvalue weighted by Crippen LogP contribution is -2.28. The van der Waals surface area contributed by atoms with Gasteiger partial charge >= 0.3 is 10.1 Å². The van der Waals surface area contributed by atoms with Crippen molar-refractivity contribution in [3.05, 3.63) is 23.4 Å². The van der Waals surface area contributed by atoms with Crippen LogP contribution in [0.15, 0.2) is 23.4 Å². The molecule has 1 N–H and O–H groups in total. The third kappa shape index (κ3) is 3.59. The van der Waals surface area contributed by atoms with Gasteiger partial charge in [-0.1, -0.05) is 11.6 Å². The van der Waals surface area contributed by atoms with Gasteiger partial charge in [-0.2, -0.15) is 8.42 Å². The van der Waals surface area contributed by atoms with Crippen molar-refractivity contribution in [1.29, 1.82) is 0 Å². The SMILES string of the molecule is CS(=O)(=O)OC1=NN(c2ncccc2Cl)C(CCO)C1. The Balaban J connectivity index is 2.30. The summed E-state index contributed by atoms with van der Waals surface area (Å²) >= 11 is 6.06. The monoisotopic (exact) mass is 319 g/mol. The van der Waals surface area contributed by atoms with Crippen LogP contribution < -0.4 is 5.01 Å². The van der Waals surface area contributed by atoms with Crippen molar-refractivity contribution in [2.75, 3.05) is 17.9 Å². The molecular weight excluding hydrogens is 306 g/mol. The number of nitrogens with zero attached hydrogens (tertiary/aromatic N) is 3. The molecule has 0 radical (unpaired) electrons. The Hall–Kier alpha value is -1.38. The molecule has 110 valence electrons. The lowest BCUT2D eigenvalue weighted by molar-refractivity contribution is 0.275. The Kier molecular flexibility index (Phi) is 4.46. The van der Waals surface area contributed by atoms with Crippen molar-refractivity contribution in [2.45, 2.75) is 18.9 Å². The number of anilines is 1. The number of hydrazone groups is 1. The van der Waals surface area contributed by atoms with Crippen LogP contribution >= 0.6 is 11.6 Å². The van der Waals surface area contributed by atoms with Gasteiger partial charge in [-0.05, 0) is 18.6 Å². The van der Waals surface area contributed by atoms with E-state index >= 15 is 0 Å². The summed E-state index contributed by atoms with van der Waals surface area (Å²) in [5, 5.41) is 15.1. The van der Waals surface area contributed by atoms with Crippen molar-refractivity contribution in [3.63, 3.8) is 0 Å². The van der Waals surface area contributed by atoms with E-state index in [-0.39, 0.29) is 25.0 Å². The van der Waals surface area contributed by atoms with Gasteiger partial charge in [0.2, 0.25) is 5.90 Å². The first-order valence-electron chi connectivity index (χ1n) is 5.88. The molecule has 1 atom stereocenters. The molecule has 0 fully saturated rings. The quantitative estimate of drug-likeness (QED) is 0.832. The maximum Gasteiger partial charge on any atom is 0.307 e. The maximum absolute atomic E-state index is 11.1. The first-order chi connectivity index (χ1) is 9.40. The van der Waals surface area contributed by atoms with Gasteiger partial charge in [0.25, 0.3) is 0 Å². The highest BCUT2D eigenvalue weighted by Crippen LogP contribution is 2.30. The number of hydrogen-bond donors (Lipinski definition) is 1. The number of aromatic nitrogens is 1. The highest BCUT2D eigenvalue weighted by atomic mass is 35.5. The fourth-order valence-electron chi connectivity index (χ4n) is 1.90. The van der Waals surface area contributed by atoms with Gasteiger partial charge in [-0.25, -0.2) is 9.99 Å². The molecule has 9 heteroatoms. The van der Waals surface area contributed by atoms with Crippen LogP contribution in [0.25, 0.3) is 0 Å². The molecule has 0 saturated heterocycles. The smallest absolute Gasteiger partial charge is 0.307 e. The van der Waals surface area contributed by atoms with Crippen molar-refractivity contribution in [2.24, 2.45) is 5.10 Å². The Morgan fingerprint density at radius 3 is 2.95 bits per heavy atom. The number of aliphatic hydroxyl groups excluding tert-OH is 1. The van der Waals surface area contributed by atoms with E-state index in [4.69, 9.17) is 20.9 Å². The first kappa shape index (κ1) is 15.0. The maximum atomic E-state index is 11.1. The second kappa shape index (κ2) is 5.94. The van der Waals surface area contributed by atoms with E-state index in [9.17, 15) is 8.42 Å². The van der Waals surface area contributed by atoms with Gasteiger partial charge in [-0.3, -0.25) is 0 Å². The highest BCUT2D eigenvalue weighted by Gasteiger charge is 2.31. The molecule has 1 aromatic heterocycles. The Labute approximate surface area is 122 Å². The van der Waals surface area contributed by atoms with Crippen LogP contribution in [0.1, 0.15) is 12.8 Å². The van der Waals surface area contributed by atoms with E-state index in [1.807, 2.05) is 0 Å². The minimum Gasteiger partial charge on any atom is -0.396 e. The lowest BCUT2D eigenvalue weighted by atomic mass is 10.1. The van der Waals surface area contributed by atoms with Crippen LogP contribution in [0.4, 0.5) is 5.82 Å². The van der Waals surface area contributed by atoms with Crippen LogP contribution in [0.3, 0.4) is 0 Å². The van der Waals surface area contributed by atoms with E-state index in [2.05, 4.69) is 10.1 Å². The average molecular weight is 320 g/mol. The minimum atomic E-state index is -3.64. The molecular formula is C11H14ClN3O4S. The van der Waals surface area contributed by atoms with E-state index in [0.717, 1.165) is 6.26 Å². The summed E-state index contributed by atoms with van der Waals surface area (Å²) in [6.07, 6.45) is 3.17. The highest BCUT2D eigenvalue weighted by molar-refractivity contribution is 7.86. The Morgan fingerprint density at radius 1 is 1.60 bits per heavy atom. The van der Waals surface area contributed by atoms with Crippen molar-refractivity contribution in [3.8, 4) is 0 Å². The zero-order valence-corrected chi connectivity index (χ0v) is 12.3. The minimum absolute atomic E-state index is 0.0622. The summed E-state index contributed by atoms with van der Waals surface area (Å²) in [6, 6.07) is 3.09. The van der Waals surface area contributed by atoms with Crippen molar-refractivity contribution >= 4 is 33.4 Å². The molecule has 0 bridgehead atoms. The van der Waals surface area contributed by atoms with Crippen LogP contribution in [0, 0.1) is 0 Å². The van der Waals surface area contributed by atoms with Crippen molar-refractivity contribution in [1.82, 2.24) is 4.98 Å². The molecule has 1 aliphatic rings. The predicted octanol–water partition coefficient (Wildman–Crippen LogP) is 0.986. The molecule has 2 heterocycles. The normalized spacial score (nSPS) is 19.1. The molecule has 0 aliphatic carbocycles. The molecule has 20 heavy (non-hydrogen) atoms. The number of aliphatic hydroxyl groups is 1. The summed E-state index contributed by atoms with van der Waals surface area (Å²) in [6.45, 7) is -0.0622. The van der Waals surface area contributed by atoms with Gasteiger partial charge < -0.3 is 9.29 Å². The molecule has 0 spiro atoms. The van der Waals surface area contributed by atoms with Crippen LogP contribution in [0.5, 0.6) is 0 Å². The molecule has 2 rings (SSSR count). The van der Waals surface area contributed by atoms with E-state index in [0.29, 0.717) is 17.3 Å². The fourth-order valence-corrected chi connectivity index (χ4v) is 2.55. The summed E-state index contributed by atoms with van der Waals surface area (Å²) in [5.41, 5.74) is 0. The zero-order chi connectivity index (χ0) is 14.8. The van der Waals surface area contributed by atoms with Gasteiger partial charge in [0, 0.05) is 19.2 Å². The first-order valence-corrected chi connectivity index (χ1v) is 8.07. The van der Waals surface area contributed by atoms with Crippen LogP contribution in [-0.2, 0) is 14.3 Å². The predicted molar refractivity (Wildman–Crippen MR) is 75.2 cm³/mol. The van der Waals surface area contributed by atoms with E-state index in [1.54, 1.807) is 18.3 Å². The third-order valence-electron chi connectivity index (χ3n) is 2.64. The van der Waals surface area contributed by atoms with Crippen LogP contribution in [0.2, 0.25) is 5.02 Å². The average Bonchev–Trinajstić information content (AvgIpc) is 2.70. The van der Waals surface area contributed by atoms with Crippen molar-refractivity contribution < 1.29 is 17.7 Å². The Bertz CT molecular complexity index is 620. The van der Waals surface area contributed by atoms with Gasteiger partial charge in [0.15, 0.2) is 5.82 Å². The molecule has 0 aromatic carbocycles. The standard InChI is InChI=1S/C11H14ClN3O4S/c1-20(17,18)19-10-7-8(4-6-16)15(14-10)11-9(12)3-2-5-13-11/h2-3,5,8,16H,4,6-7H2,1H3. The summed E-state index contributed by atoms with van der Waals surface area (Å²) < 4.78 is 27.1. The molecule has 0 saturated carbocycles. The summed E-state index contributed by atoms with van der Waals surface area (Å²) in [4.78, 5) is 4.12. The molecule has 1 aromatic rings. The molecule has 7 nitrogen and oxygen atoms in total. The summed E-state index contributed by atoms with van der Waals surface area (Å²) in [7, 11) is -3.64. The van der Waals surface area contributed by atoms with Crippen LogP contribution in [-0.4, -0.2) is 43.3 Å². The second-order valence-corrected chi connectivity index (χ2v) is 6.29. The number of halogens is 1. The largest absolute Gasteiger partial charge is 0.396 e. The topological polar surface area (TPSA) is 92.1 Å². The zero-order valence-electron chi connectivity index (χ0n) is 10.7. The fraction of sp³-hybridized carbons (Fsp3) is 0.455. The number of hydrogen-bond acceptors (Lipinski definition) is 7. The van der Waals surface area contributed by atoms with E-state index < -0.39 is 10.1 Å². The summed E-state index contributed by atoms with van der Waals surface area (Å²) in [5.74, 6) is 0.465. The van der Waals surface area contributed by atoms with Gasteiger partial charge in [0.05, 0.1) is 17.3 Å². The lowest BCUT2D eigenvalue weighted by Gasteiger charge is -2.21. The molecule has 1 aliphatic heterocycles.